The summed E-state index contributed by atoms with van der Waals surface area (Å²) in [4.78, 5) is 26.7. The van der Waals surface area contributed by atoms with Gasteiger partial charge >= 0.3 is 6.18 Å². The standard InChI is InChI=1S/C20H15ClF3N3O2/c1-27-10-14(12-3-5-13(6-4-12)20(22,23)24)17(19(27)29)18(28)26-16-7-2-11(9-25)8-15(16)21/h2-8,14,17H,10H2,1H3,(H,26,28)/t14-,17+/m0/s1. The Morgan fingerprint density at radius 2 is 1.90 bits per heavy atom. The molecule has 1 saturated heterocycles. The van der Waals surface area contributed by atoms with E-state index in [1.54, 1.807) is 0 Å². The number of benzene rings is 2. The van der Waals surface area contributed by atoms with E-state index in [2.05, 4.69) is 5.32 Å². The molecule has 2 amide bonds. The molecular weight excluding hydrogens is 407 g/mol. The molecule has 1 aliphatic rings. The molecule has 0 bridgehead atoms. The number of alkyl halides is 3. The van der Waals surface area contributed by atoms with Crippen LogP contribution in [0.2, 0.25) is 5.02 Å². The van der Waals surface area contributed by atoms with Gasteiger partial charge in [-0.15, -0.1) is 0 Å². The molecule has 3 rings (SSSR count). The molecule has 0 aromatic heterocycles. The first-order valence-electron chi connectivity index (χ1n) is 8.54. The molecule has 2 aromatic carbocycles. The van der Waals surface area contributed by atoms with Crippen LogP contribution in [0, 0.1) is 17.2 Å². The zero-order valence-electron chi connectivity index (χ0n) is 15.1. The van der Waals surface area contributed by atoms with E-state index in [9.17, 15) is 22.8 Å². The molecule has 1 N–H and O–H groups in total. The zero-order chi connectivity index (χ0) is 21.3. The van der Waals surface area contributed by atoms with Crippen LogP contribution < -0.4 is 5.32 Å². The molecule has 9 heteroatoms. The van der Waals surface area contributed by atoms with Crippen molar-refractivity contribution >= 4 is 29.1 Å². The van der Waals surface area contributed by atoms with E-state index >= 15 is 0 Å². The van der Waals surface area contributed by atoms with E-state index in [4.69, 9.17) is 16.9 Å². The van der Waals surface area contributed by atoms with Crippen LogP contribution in [0.25, 0.3) is 0 Å². The van der Waals surface area contributed by atoms with Gasteiger partial charge in [0.2, 0.25) is 11.8 Å². The molecule has 0 unspecified atom stereocenters. The lowest BCUT2D eigenvalue weighted by atomic mass is 9.87. The Morgan fingerprint density at radius 3 is 2.45 bits per heavy atom. The Morgan fingerprint density at radius 1 is 1.24 bits per heavy atom. The van der Waals surface area contributed by atoms with Gasteiger partial charge in [-0.25, -0.2) is 0 Å². The predicted molar refractivity (Wildman–Crippen MR) is 100 cm³/mol. The van der Waals surface area contributed by atoms with Crippen molar-refractivity contribution in [1.82, 2.24) is 4.90 Å². The first-order chi connectivity index (χ1) is 13.6. The fourth-order valence-corrected chi connectivity index (χ4v) is 3.54. The van der Waals surface area contributed by atoms with Gasteiger partial charge in [-0.1, -0.05) is 23.7 Å². The molecule has 1 fully saturated rings. The molecule has 0 spiro atoms. The number of halogens is 4. The largest absolute Gasteiger partial charge is 0.416 e. The number of anilines is 1. The second kappa shape index (κ2) is 7.76. The Balaban J connectivity index is 1.86. The summed E-state index contributed by atoms with van der Waals surface area (Å²) in [6, 6.07) is 10.7. The molecule has 5 nitrogen and oxygen atoms in total. The molecule has 2 atom stereocenters. The minimum atomic E-state index is -4.47. The number of nitrogens with one attached hydrogen (secondary N) is 1. The highest BCUT2D eigenvalue weighted by Gasteiger charge is 2.44. The van der Waals surface area contributed by atoms with E-state index in [1.165, 1.54) is 42.3 Å². The fraction of sp³-hybridized carbons (Fsp3) is 0.250. The minimum Gasteiger partial charge on any atom is -0.344 e. The van der Waals surface area contributed by atoms with Crippen molar-refractivity contribution in [2.75, 3.05) is 18.9 Å². The van der Waals surface area contributed by atoms with E-state index in [0.717, 1.165) is 12.1 Å². The van der Waals surface area contributed by atoms with Crippen molar-refractivity contribution in [1.29, 1.82) is 5.26 Å². The number of carbonyl (C=O) groups is 2. The molecule has 150 valence electrons. The smallest absolute Gasteiger partial charge is 0.344 e. The summed E-state index contributed by atoms with van der Waals surface area (Å²) in [5.41, 5.74) is 0.211. The highest BCUT2D eigenvalue weighted by Crippen LogP contribution is 2.36. The number of nitrogens with zero attached hydrogens (tertiary/aromatic N) is 2. The van der Waals surface area contributed by atoms with Crippen LogP contribution in [0.1, 0.15) is 22.6 Å². The van der Waals surface area contributed by atoms with Crippen LogP contribution in [0.5, 0.6) is 0 Å². The van der Waals surface area contributed by atoms with Crippen LogP contribution in [-0.4, -0.2) is 30.3 Å². The lowest BCUT2D eigenvalue weighted by molar-refractivity contribution is -0.138. The average molecular weight is 422 g/mol. The number of rotatable bonds is 3. The van der Waals surface area contributed by atoms with Gasteiger partial charge in [-0.3, -0.25) is 9.59 Å². The third kappa shape index (κ3) is 4.20. The van der Waals surface area contributed by atoms with Gasteiger partial charge in [-0.05, 0) is 35.9 Å². The average Bonchev–Trinajstić information content (AvgIpc) is 2.97. The number of hydrogen-bond donors (Lipinski definition) is 1. The summed E-state index contributed by atoms with van der Waals surface area (Å²) in [6.45, 7) is 0.198. The van der Waals surface area contributed by atoms with Crippen molar-refractivity contribution in [3.05, 3.63) is 64.2 Å². The Kier molecular flexibility index (Phi) is 5.53. The monoisotopic (exact) mass is 421 g/mol. The molecular formula is C20H15ClF3N3O2. The quantitative estimate of drug-likeness (QED) is 0.760. The fourth-order valence-electron chi connectivity index (χ4n) is 3.31. The van der Waals surface area contributed by atoms with E-state index in [1.807, 2.05) is 6.07 Å². The lowest BCUT2D eigenvalue weighted by Gasteiger charge is -2.18. The summed E-state index contributed by atoms with van der Waals surface area (Å²) < 4.78 is 38.4. The molecule has 0 radical (unpaired) electrons. The maximum absolute atomic E-state index is 12.8. The molecule has 2 aromatic rings. The summed E-state index contributed by atoms with van der Waals surface area (Å²) in [6.07, 6.45) is -4.47. The first-order valence-corrected chi connectivity index (χ1v) is 8.92. The molecule has 0 aliphatic carbocycles. The first kappa shape index (κ1) is 20.7. The van der Waals surface area contributed by atoms with Crippen LogP contribution >= 0.6 is 11.6 Å². The van der Waals surface area contributed by atoms with Crippen LogP contribution in [0.4, 0.5) is 18.9 Å². The van der Waals surface area contributed by atoms with Crippen LogP contribution in [0.15, 0.2) is 42.5 Å². The number of nitriles is 1. The lowest BCUT2D eigenvalue weighted by Crippen LogP contribution is -2.32. The highest BCUT2D eigenvalue weighted by atomic mass is 35.5. The summed E-state index contributed by atoms with van der Waals surface area (Å²) >= 11 is 6.07. The third-order valence-electron chi connectivity index (χ3n) is 4.82. The van der Waals surface area contributed by atoms with Crippen molar-refractivity contribution in [2.24, 2.45) is 5.92 Å². The van der Waals surface area contributed by atoms with Crippen molar-refractivity contribution in [2.45, 2.75) is 12.1 Å². The second-order valence-corrected chi connectivity index (χ2v) is 7.13. The molecule has 1 aliphatic heterocycles. The van der Waals surface area contributed by atoms with Gasteiger partial charge in [0.15, 0.2) is 0 Å². The number of likely N-dealkylation sites (N-methyl/N-ethyl adjacent to an activating group) is 1. The van der Waals surface area contributed by atoms with Gasteiger partial charge < -0.3 is 10.2 Å². The number of amides is 2. The van der Waals surface area contributed by atoms with Gasteiger partial charge in [0.25, 0.3) is 0 Å². The molecule has 29 heavy (non-hydrogen) atoms. The number of likely N-dealkylation sites (tertiary alicyclic amines) is 1. The van der Waals surface area contributed by atoms with Gasteiger partial charge in [0.05, 0.1) is 27.9 Å². The van der Waals surface area contributed by atoms with Crippen LogP contribution in [0.3, 0.4) is 0 Å². The highest BCUT2D eigenvalue weighted by molar-refractivity contribution is 6.34. The third-order valence-corrected chi connectivity index (χ3v) is 5.13. The van der Waals surface area contributed by atoms with E-state index < -0.39 is 35.4 Å². The second-order valence-electron chi connectivity index (χ2n) is 6.72. The number of carbonyl (C=O) groups excluding carboxylic acids is 2. The van der Waals surface area contributed by atoms with Crippen molar-refractivity contribution in [3.63, 3.8) is 0 Å². The molecule has 1 heterocycles. The van der Waals surface area contributed by atoms with Gasteiger partial charge in [0.1, 0.15) is 5.92 Å². The van der Waals surface area contributed by atoms with E-state index in [-0.39, 0.29) is 17.3 Å². The minimum absolute atomic E-state index is 0.141. The van der Waals surface area contributed by atoms with Gasteiger partial charge in [0, 0.05) is 19.5 Å². The SMILES string of the molecule is CN1C[C@@H](c2ccc(C(F)(F)F)cc2)[C@H](C(=O)Nc2ccc(C#N)cc2Cl)C1=O. The number of hydrogen-bond acceptors (Lipinski definition) is 3. The Labute approximate surface area is 169 Å². The maximum Gasteiger partial charge on any atom is 0.416 e. The topological polar surface area (TPSA) is 73.2 Å². The Bertz CT molecular complexity index is 1000. The van der Waals surface area contributed by atoms with E-state index in [0.29, 0.717) is 11.1 Å². The van der Waals surface area contributed by atoms with Crippen molar-refractivity contribution in [3.8, 4) is 6.07 Å². The summed E-state index contributed by atoms with van der Waals surface area (Å²) in [5, 5.41) is 11.6. The van der Waals surface area contributed by atoms with Crippen LogP contribution in [-0.2, 0) is 15.8 Å². The summed E-state index contributed by atoms with van der Waals surface area (Å²) in [5.74, 6) is -2.76. The maximum atomic E-state index is 12.8. The zero-order valence-corrected chi connectivity index (χ0v) is 15.9. The Hall–Kier alpha value is -3.05. The molecule has 0 saturated carbocycles. The normalized spacial score (nSPS) is 19.2. The predicted octanol–water partition coefficient (Wildman–Crippen LogP) is 4.04. The van der Waals surface area contributed by atoms with Crippen molar-refractivity contribution < 1.29 is 22.8 Å². The summed E-state index contributed by atoms with van der Waals surface area (Å²) in [7, 11) is 1.53. The van der Waals surface area contributed by atoms with Gasteiger partial charge in [-0.2, -0.15) is 18.4 Å².